The zero-order chi connectivity index (χ0) is 26.7. The summed E-state index contributed by atoms with van der Waals surface area (Å²) < 4.78 is 25.6. The monoisotopic (exact) mass is 614 g/mol. The molecule has 1 aliphatic rings. The fraction of sp³-hybridized carbons (Fsp3) is 0.179. The fourth-order valence-corrected chi connectivity index (χ4v) is 4.73. The maximum Gasteiger partial charge on any atom is 0.335 e. The van der Waals surface area contributed by atoms with E-state index in [9.17, 15) is 18.8 Å². The zero-order valence-corrected chi connectivity index (χ0v) is 22.6. The lowest BCUT2D eigenvalue weighted by Gasteiger charge is -2.27. The van der Waals surface area contributed by atoms with Crippen molar-refractivity contribution in [2.24, 2.45) is 0 Å². The number of nitrogens with zero attached hydrogens (tertiary/aromatic N) is 1. The molecular formula is C28H24FIN2O5. The van der Waals surface area contributed by atoms with Gasteiger partial charge in [0.15, 0.2) is 11.5 Å². The number of halogens is 2. The highest BCUT2D eigenvalue weighted by atomic mass is 127. The van der Waals surface area contributed by atoms with Gasteiger partial charge in [0, 0.05) is 0 Å². The van der Waals surface area contributed by atoms with Crippen LogP contribution in [0.25, 0.3) is 6.08 Å². The highest BCUT2D eigenvalue weighted by molar-refractivity contribution is 14.1. The summed E-state index contributed by atoms with van der Waals surface area (Å²) in [5, 5.41) is 2.25. The van der Waals surface area contributed by atoms with Gasteiger partial charge in [0.25, 0.3) is 11.8 Å². The predicted molar refractivity (Wildman–Crippen MR) is 146 cm³/mol. The summed E-state index contributed by atoms with van der Waals surface area (Å²) in [5.74, 6) is -0.914. The van der Waals surface area contributed by atoms with Gasteiger partial charge in [0.1, 0.15) is 18.0 Å². The van der Waals surface area contributed by atoms with Crippen molar-refractivity contribution < 1.29 is 28.2 Å². The Kier molecular flexibility index (Phi) is 7.91. The Hall–Kier alpha value is -3.73. The van der Waals surface area contributed by atoms with Crippen molar-refractivity contribution in [1.82, 2.24) is 5.32 Å². The van der Waals surface area contributed by atoms with Gasteiger partial charge in [-0.3, -0.25) is 14.9 Å². The summed E-state index contributed by atoms with van der Waals surface area (Å²) in [7, 11) is 0. The minimum atomic E-state index is -0.800. The fourth-order valence-electron chi connectivity index (χ4n) is 3.95. The first-order valence-electron chi connectivity index (χ1n) is 11.5. The Morgan fingerprint density at radius 3 is 2.30 bits per heavy atom. The van der Waals surface area contributed by atoms with E-state index in [4.69, 9.17) is 9.47 Å². The van der Waals surface area contributed by atoms with Crippen LogP contribution in [0.15, 0.2) is 60.2 Å². The second-order valence-corrected chi connectivity index (χ2v) is 9.64. The quantitative estimate of drug-likeness (QED) is 0.210. The molecule has 1 saturated heterocycles. The Balaban J connectivity index is 1.67. The maximum absolute atomic E-state index is 13.3. The van der Waals surface area contributed by atoms with Crippen LogP contribution in [-0.2, 0) is 16.2 Å². The van der Waals surface area contributed by atoms with Crippen molar-refractivity contribution in [1.29, 1.82) is 0 Å². The van der Waals surface area contributed by atoms with Gasteiger partial charge >= 0.3 is 6.03 Å². The third-order valence-electron chi connectivity index (χ3n) is 5.51. The number of benzene rings is 3. The molecular weight excluding hydrogens is 590 g/mol. The highest BCUT2D eigenvalue weighted by Gasteiger charge is 2.37. The van der Waals surface area contributed by atoms with Crippen LogP contribution >= 0.6 is 22.6 Å². The lowest BCUT2D eigenvalue weighted by molar-refractivity contribution is -0.122. The molecule has 3 aromatic rings. The average molecular weight is 614 g/mol. The van der Waals surface area contributed by atoms with Crippen LogP contribution in [0.3, 0.4) is 0 Å². The van der Waals surface area contributed by atoms with E-state index in [0.29, 0.717) is 32.9 Å². The summed E-state index contributed by atoms with van der Waals surface area (Å²) in [6.07, 6.45) is 1.42. The van der Waals surface area contributed by atoms with Crippen molar-refractivity contribution in [2.45, 2.75) is 27.4 Å². The number of hydrogen-bond acceptors (Lipinski definition) is 5. The van der Waals surface area contributed by atoms with Crippen LogP contribution in [0.4, 0.5) is 14.9 Å². The van der Waals surface area contributed by atoms with E-state index in [0.717, 1.165) is 21.6 Å². The summed E-state index contributed by atoms with van der Waals surface area (Å²) >= 11 is 2.08. The van der Waals surface area contributed by atoms with Gasteiger partial charge in [0.05, 0.1) is 15.9 Å². The minimum absolute atomic E-state index is 0.183. The molecule has 1 N–H and O–H groups in total. The Morgan fingerprint density at radius 1 is 0.973 bits per heavy atom. The Labute approximate surface area is 227 Å². The van der Waals surface area contributed by atoms with E-state index < -0.39 is 17.8 Å². The third-order valence-corrected chi connectivity index (χ3v) is 6.31. The number of rotatable bonds is 7. The summed E-state index contributed by atoms with van der Waals surface area (Å²) in [6.45, 7) is 6.11. The SMILES string of the molecule is CCOc1cc(/C=C2\C(=O)NC(=O)N(c3cc(C)cc(C)c3)C2=O)cc(I)c1OCc1ccc(F)cc1. The van der Waals surface area contributed by atoms with Gasteiger partial charge in [-0.25, -0.2) is 14.1 Å². The van der Waals surface area contributed by atoms with Crippen LogP contribution in [0.2, 0.25) is 0 Å². The molecule has 1 fully saturated rings. The molecule has 0 spiro atoms. The number of barbiturate groups is 1. The number of ether oxygens (including phenoxy) is 2. The zero-order valence-electron chi connectivity index (χ0n) is 20.4. The van der Waals surface area contributed by atoms with Crippen molar-refractivity contribution in [3.8, 4) is 11.5 Å². The number of hydrogen-bond donors (Lipinski definition) is 1. The highest BCUT2D eigenvalue weighted by Crippen LogP contribution is 2.36. The molecule has 0 aromatic heterocycles. The molecule has 0 radical (unpaired) electrons. The second-order valence-electron chi connectivity index (χ2n) is 8.48. The van der Waals surface area contributed by atoms with Crippen LogP contribution in [0.1, 0.15) is 29.2 Å². The first-order valence-corrected chi connectivity index (χ1v) is 12.6. The predicted octanol–water partition coefficient (Wildman–Crippen LogP) is 5.69. The molecule has 9 heteroatoms. The van der Waals surface area contributed by atoms with Crippen LogP contribution in [-0.4, -0.2) is 24.5 Å². The number of amides is 4. The smallest absolute Gasteiger partial charge is 0.335 e. The lowest BCUT2D eigenvalue weighted by Crippen LogP contribution is -2.54. The van der Waals surface area contributed by atoms with E-state index >= 15 is 0 Å². The molecule has 0 saturated carbocycles. The van der Waals surface area contributed by atoms with Gasteiger partial charge in [-0.05, 0) is 108 Å². The minimum Gasteiger partial charge on any atom is -0.490 e. The van der Waals surface area contributed by atoms with Crippen molar-refractivity contribution in [3.05, 3.63) is 91.8 Å². The largest absolute Gasteiger partial charge is 0.490 e. The Bertz CT molecular complexity index is 1400. The molecule has 0 aliphatic carbocycles. The molecule has 4 amide bonds. The van der Waals surface area contributed by atoms with Crippen LogP contribution in [0.5, 0.6) is 11.5 Å². The number of carbonyl (C=O) groups excluding carboxylic acids is 3. The van der Waals surface area contributed by atoms with Crippen molar-refractivity contribution >= 4 is 52.2 Å². The number of anilines is 1. The van der Waals surface area contributed by atoms with Crippen molar-refractivity contribution in [3.63, 3.8) is 0 Å². The summed E-state index contributed by atoms with van der Waals surface area (Å²) in [6, 6.07) is 13.9. The van der Waals surface area contributed by atoms with E-state index in [1.807, 2.05) is 26.8 Å². The summed E-state index contributed by atoms with van der Waals surface area (Å²) in [4.78, 5) is 39.5. The van der Waals surface area contributed by atoms with Gasteiger partial charge in [-0.15, -0.1) is 0 Å². The van der Waals surface area contributed by atoms with Gasteiger partial charge in [-0.2, -0.15) is 0 Å². The number of imide groups is 2. The van der Waals surface area contributed by atoms with Crippen LogP contribution < -0.4 is 19.7 Å². The first-order chi connectivity index (χ1) is 17.7. The standard InChI is InChI=1S/C28H24FIN2O5/c1-4-36-24-14-19(13-23(30)25(24)37-15-18-5-7-20(29)8-6-18)12-22-26(33)31-28(35)32(27(22)34)21-10-16(2)9-17(3)11-21/h5-14H,4,15H2,1-3H3,(H,31,33,35)/b22-12+. The molecule has 4 rings (SSSR count). The number of aryl methyl sites for hydroxylation is 2. The Morgan fingerprint density at radius 2 is 1.65 bits per heavy atom. The first kappa shape index (κ1) is 26.3. The number of urea groups is 1. The normalized spacial score (nSPS) is 14.7. The van der Waals surface area contributed by atoms with E-state index in [-0.39, 0.29) is 18.0 Å². The molecule has 1 aliphatic heterocycles. The van der Waals surface area contributed by atoms with E-state index in [1.54, 1.807) is 36.4 Å². The number of nitrogens with one attached hydrogen (secondary N) is 1. The third kappa shape index (κ3) is 5.99. The number of carbonyl (C=O) groups is 3. The molecule has 7 nitrogen and oxygen atoms in total. The molecule has 3 aromatic carbocycles. The lowest BCUT2D eigenvalue weighted by atomic mass is 10.0. The molecule has 190 valence electrons. The molecule has 0 unspecified atom stereocenters. The molecule has 0 atom stereocenters. The average Bonchev–Trinajstić information content (AvgIpc) is 2.82. The second kappa shape index (κ2) is 11.1. The molecule has 37 heavy (non-hydrogen) atoms. The summed E-state index contributed by atoms with van der Waals surface area (Å²) in [5.41, 5.74) is 3.27. The van der Waals surface area contributed by atoms with Gasteiger partial charge in [-0.1, -0.05) is 18.2 Å². The van der Waals surface area contributed by atoms with Crippen molar-refractivity contribution in [2.75, 3.05) is 11.5 Å². The van der Waals surface area contributed by atoms with E-state index in [2.05, 4.69) is 27.9 Å². The maximum atomic E-state index is 13.3. The van der Waals surface area contributed by atoms with Crippen LogP contribution in [0, 0.1) is 23.2 Å². The van der Waals surface area contributed by atoms with Gasteiger partial charge in [0.2, 0.25) is 0 Å². The topological polar surface area (TPSA) is 84.9 Å². The van der Waals surface area contributed by atoms with Gasteiger partial charge < -0.3 is 9.47 Å². The molecule has 0 bridgehead atoms. The molecule has 1 heterocycles. The van der Waals surface area contributed by atoms with E-state index in [1.165, 1.54) is 18.2 Å².